The van der Waals surface area contributed by atoms with Crippen LogP contribution in [-0.2, 0) is 16.2 Å². The molecule has 138 valence electrons. The standard InChI is InChI=1S/C20H23NO5/c1-14(20(23)24)15(2)21-19(22)13-26-18-10-8-17(9-11-18)25-12-16-6-4-3-5-7-16/h3-11,14-15H,12-13H2,1-2H3,(H,21,22)(H,23,24). The third-order valence-corrected chi connectivity index (χ3v) is 3.97. The molecule has 0 aliphatic heterocycles. The number of hydrogen-bond donors (Lipinski definition) is 2. The molecule has 2 unspecified atom stereocenters. The van der Waals surface area contributed by atoms with Gasteiger partial charge in [-0.25, -0.2) is 0 Å². The predicted molar refractivity (Wildman–Crippen MR) is 97.1 cm³/mol. The number of amides is 1. The van der Waals surface area contributed by atoms with Gasteiger partial charge in [-0.2, -0.15) is 0 Å². The highest BCUT2D eigenvalue weighted by Gasteiger charge is 2.20. The van der Waals surface area contributed by atoms with E-state index in [0.717, 1.165) is 5.56 Å². The second kappa shape index (κ2) is 9.46. The number of nitrogens with one attached hydrogen (secondary N) is 1. The van der Waals surface area contributed by atoms with Crippen molar-refractivity contribution in [3.63, 3.8) is 0 Å². The Labute approximate surface area is 152 Å². The third-order valence-electron chi connectivity index (χ3n) is 3.97. The fourth-order valence-electron chi connectivity index (χ4n) is 2.16. The lowest BCUT2D eigenvalue weighted by Crippen LogP contribution is -2.42. The highest BCUT2D eigenvalue weighted by molar-refractivity contribution is 5.79. The van der Waals surface area contributed by atoms with E-state index in [1.54, 1.807) is 38.1 Å². The summed E-state index contributed by atoms with van der Waals surface area (Å²) in [5.41, 5.74) is 1.08. The molecule has 0 fully saturated rings. The van der Waals surface area contributed by atoms with Gasteiger partial charge in [-0.15, -0.1) is 0 Å². The van der Waals surface area contributed by atoms with Gasteiger partial charge in [0.15, 0.2) is 6.61 Å². The van der Waals surface area contributed by atoms with E-state index in [1.807, 2.05) is 30.3 Å². The Hall–Kier alpha value is -3.02. The lowest BCUT2D eigenvalue weighted by Gasteiger charge is -2.17. The second-order valence-electron chi connectivity index (χ2n) is 6.02. The number of benzene rings is 2. The van der Waals surface area contributed by atoms with Gasteiger partial charge in [0.1, 0.15) is 18.1 Å². The Morgan fingerprint density at radius 1 is 0.962 bits per heavy atom. The minimum atomic E-state index is -0.954. The molecule has 6 heteroatoms. The van der Waals surface area contributed by atoms with Crippen molar-refractivity contribution in [2.24, 2.45) is 5.92 Å². The number of ether oxygens (including phenoxy) is 2. The molecular weight excluding hydrogens is 334 g/mol. The van der Waals surface area contributed by atoms with Crippen LogP contribution in [0.25, 0.3) is 0 Å². The Morgan fingerprint density at radius 3 is 2.12 bits per heavy atom. The highest BCUT2D eigenvalue weighted by Crippen LogP contribution is 2.18. The Bertz CT molecular complexity index is 715. The van der Waals surface area contributed by atoms with Crippen LogP contribution in [0, 0.1) is 5.92 Å². The lowest BCUT2D eigenvalue weighted by atomic mass is 10.0. The normalized spacial score (nSPS) is 12.7. The molecule has 0 saturated carbocycles. The van der Waals surface area contributed by atoms with E-state index in [4.69, 9.17) is 14.6 Å². The Morgan fingerprint density at radius 2 is 1.54 bits per heavy atom. The molecular formula is C20H23NO5. The number of carbonyl (C=O) groups is 2. The van der Waals surface area contributed by atoms with E-state index >= 15 is 0 Å². The summed E-state index contributed by atoms with van der Waals surface area (Å²) in [6, 6.07) is 16.3. The van der Waals surface area contributed by atoms with Gasteiger partial charge in [0.2, 0.25) is 0 Å². The molecule has 0 radical (unpaired) electrons. The molecule has 0 spiro atoms. The molecule has 26 heavy (non-hydrogen) atoms. The molecule has 0 aliphatic rings. The largest absolute Gasteiger partial charge is 0.489 e. The first-order chi connectivity index (χ1) is 12.5. The first-order valence-electron chi connectivity index (χ1n) is 8.37. The number of rotatable bonds is 9. The van der Waals surface area contributed by atoms with E-state index in [2.05, 4.69) is 5.32 Å². The van der Waals surface area contributed by atoms with Crippen LogP contribution in [-0.4, -0.2) is 29.6 Å². The van der Waals surface area contributed by atoms with Gasteiger partial charge in [-0.1, -0.05) is 30.3 Å². The molecule has 1 amide bonds. The van der Waals surface area contributed by atoms with Gasteiger partial charge in [-0.05, 0) is 43.7 Å². The third kappa shape index (κ3) is 6.12. The summed E-state index contributed by atoms with van der Waals surface area (Å²) >= 11 is 0. The quantitative estimate of drug-likeness (QED) is 0.721. The summed E-state index contributed by atoms with van der Waals surface area (Å²) in [5.74, 6) is -0.750. The van der Waals surface area contributed by atoms with Gasteiger partial charge < -0.3 is 19.9 Å². The predicted octanol–water partition coefficient (Wildman–Crippen LogP) is 2.87. The fraction of sp³-hybridized carbons (Fsp3) is 0.300. The first-order valence-corrected chi connectivity index (χ1v) is 8.37. The zero-order valence-electron chi connectivity index (χ0n) is 14.8. The van der Waals surface area contributed by atoms with Crippen molar-refractivity contribution < 1.29 is 24.2 Å². The Balaban J connectivity index is 1.76. The van der Waals surface area contributed by atoms with Crippen LogP contribution in [0.4, 0.5) is 0 Å². The summed E-state index contributed by atoms with van der Waals surface area (Å²) in [7, 11) is 0. The maximum Gasteiger partial charge on any atom is 0.308 e. The fourth-order valence-corrected chi connectivity index (χ4v) is 2.16. The number of carbonyl (C=O) groups excluding carboxylic acids is 1. The van der Waals surface area contributed by atoms with Crippen LogP contribution < -0.4 is 14.8 Å². The summed E-state index contributed by atoms with van der Waals surface area (Å²) in [4.78, 5) is 22.7. The first kappa shape index (κ1) is 19.3. The zero-order valence-corrected chi connectivity index (χ0v) is 14.8. The number of aliphatic carboxylic acids is 1. The van der Waals surface area contributed by atoms with Crippen molar-refractivity contribution in [1.29, 1.82) is 0 Å². The lowest BCUT2D eigenvalue weighted by molar-refractivity contribution is -0.142. The number of carboxylic acid groups (broad SMARTS) is 1. The molecule has 2 aromatic carbocycles. The van der Waals surface area contributed by atoms with Crippen LogP contribution in [0.2, 0.25) is 0 Å². The molecule has 0 bridgehead atoms. The minimum absolute atomic E-state index is 0.180. The smallest absolute Gasteiger partial charge is 0.308 e. The second-order valence-corrected chi connectivity index (χ2v) is 6.02. The van der Waals surface area contributed by atoms with Crippen LogP contribution in [0.1, 0.15) is 19.4 Å². The van der Waals surface area contributed by atoms with E-state index in [1.165, 1.54) is 0 Å². The molecule has 2 rings (SSSR count). The maximum absolute atomic E-state index is 11.8. The summed E-state index contributed by atoms with van der Waals surface area (Å²) < 4.78 is 11.1. The summed E-state index contributed by atoms with van der Waals surface area (Å²) in [6.45, 7) is 3.49. The van der Waals surface area contributed by atoms with Crippen molar-refractivity contribution in [3.8, 4) is 11.5 Å². The number of carboxylic acids is 1. The topological polar surface area (TPSA) is 84.9 Å². The van der Waals surface area contributed by atoms with E-state index in [9.17, 15) is 9.59 Å². The van der Waals surface area contributed by atoms with E-state index in [-0.39, 0.29) is 12.5 Å². The SMILES string of the molecule is CC(NC(=O)COc1ccc(OCc2ccccc2)cc1)C(C)C(=O)O. The van der Waals surface area contributed by atoms with E-state index in [0.29, 0.717) is 18.1 Å². The van der Waals surface area contributed by atoms with Crippen LogP contribution in [0.3, 0.4) is 0 Å². The molecule has 0 saturated heterocycles. The molecule has 0 aromatic heterocycles. The average Bonchev–Trinajstić information content (AvgIpc) is 2.65. The molecule has 6 nitrogen and oxygen atoms in total. The summed E-state index contributed by atoms with van der Waals surface area (Å²) in [6.07, 6.45) is 0. The van der Waals surface area contributed by atoms with Crippen molar-refractivity contribution in [2.45, 2.75) is 26.5 Å². The van der Waals surface area contributed by atoms with Gasteiger partial charge in [0.25, 0.3) is 5.91 Å². The molecule has 2 aromatic rings. The molecule has 0 aliphatic carbocycles. The number of hydrogen-bond acceptors (Lipinski definition) is 4. The Kier molecular flexibility index (Phi) is 7.02. The van der Waals surface area contributed by atoms with Crippen LogP contribution in [0.5, 0.6) is 11.5 Å². The average molecular weight is 357 g/mol. The van der Waals surface area contributed by atoms with Gasteiger partial charge in [0.05, 0.1) is 5.92 Å². The zero-order chi connectivity index (χ0) is 18.9. The van der Waals surface area contributed by atoms with Crippen LogP contribution >= 0.6 is 0 Å². The van der Waals surface area contributed by atoms with Crippen molar-refractivity contribution >= 4 is 11.9 Å². The van der Waals surface area contributed by atoms with Gasteiger partial charge in [0, 0.05) is 6.04 Å². The maximum atomic E-state index is 11.8. The minimum Gasteiger partial charge on any atom is -0.489 e. The molecule has 0 heterocycles. The summed E-state index contributed by atoms with van der Waals surface area (Å²) in [5, 5.41) is 11.5. The highest BCUT2D eigenvalue weighted by atomic mass is 16.5. The van der Waals surface area contributed by atoms with Crippen molar-refractivity contribution in [2.75, 3.05) is 6.61 Å². The van der Waals surface area contributed by atoms with Crippen LogP contribution in [0.15, 0.2) is 54.6 Å². The van der Waals surface area contributed by atoms with E-state index < -0.39 is 17.9 Å². The molecule has 2 N–H and O–H groups in total. The van der Waals surface area contributed by atoms with Crippen molar-refractivity contribution in [1.82, 2.24) is 5.32 Å². The van der Waals surface area contributed by atoms with Gasteiger partial charge in [-0.3, -0.25) is 9.59 Å². The van der Waals surface area contributed by atoms with Gasteiger partial charge >= 0.3 is 5.97 Å². The molecule has 2 atom stereocenters. The monoisotopic (exact) mass is 357 g/mol. The van der Waals surface area contributed by atoms with Crippen molar-refractivity contribution in [3.05, 3.63) is 60.2 Å².